The Bertz CT molecular complexity index is 583. The maximum absolute atomic E-state index is 12.3. The molecule has 0 bridgehead atoms. The van der Waals surface area contributed by atoms with E-state index in [9.17, 15) is 9.59 Å². The Morgan fingerprint density at radius 2 is 1.96 bits per heavy atom. The second-order valence-electron chi connectivity index (χ2n) is 6.86. The number of halogens is 2. The first-order chi connectivity index (χ1) is 11.6. The minimum Gasteiger partial charge on any atom is -0.343 e. The average Bonchev–Trinajstić information content (AvgIpc) is 3.10. The van der Waals surface area contributed by atoms with E-state index in [-0.39, 0.29) is 42.5 Å². The van der Waals surface area contributed by atoms with Gasteiger partial charge in [0.2, 0.25) is 11.8 Å². The fraction of sp³-hybridized carbons (Fsp3) is 0.611. The highest BCUT2D eigenvalue weighted by molar-refractivity contribution is 5.91. The molecule has 146 valence electrons. The minimum absolute atomic E-state index is 0. The first-order valence-electron chi connectivity index (χ1n) is 8.86. The third kappa shape index (κ3) is 6.11. The van der Waals surface area contributed by atoms with Crippen molar-refractivity contribution in [1.29, 1.82) is 0 Å². The number of hydrogen-bond donors (Lipinski definition) is 2. The fourth-order valence-corrected chi connectivity index (χ4v) is 3.43. The van der Waals surface area contributed by atoms with Crippen molar-refractivity contribution >= 4 is 42.4 Å². The molecule has 1 aromatic rings. The van der Waals surface area contributed by atoms with Gasteiger partial charge in [-0.25, -0.2) is 4.98 Å². The summed E-state index contributed by atoms with van der Waals surface area (Å²) in [5.74, 6) is 0.780. The molecular formula is C18H28Cl2N4O2. The second-order valence-corrected chi connectivity index (χ2v) is 6.86. The third-order valence-corrected chi connectivity index (χ3v) is 4.96. The highest BCUT2D eigenvalue weighted by Crippen LogP contribution is 2.21. The molecule has 6 nitrogen and oxygen atoms in total. The van der Waals surface area contributed by atoms with Crippen molar-refractivity contribution in [2.24, 2.45) is 5.92 Å². The topological polar surface area (TPSA) is 74.3 Å². The van der Waals surface area contributed by atoms with E-state index in [1.54, 1.807) is 6.20 Å². The fourth-order valence-electron chi connectivity index (χ4n) is 3.43. The number of nitrogens with zero attached hydrogens (tertiary/aromatic N) is 2. The zero-order valence-corrected chi connectivity index (χ0v) is 16.7. The normalized spacial score (nSPS) is 20.0. The quantitative estimate of drug-likeness (QED) is 0.811. The van der Waals surface area contributed by atoms with Gasteiger partial charge >= 0.3 is 0 Å². The molecule has 0 aromatic carbocycles. The van der Waals surface area contributed by atoms with Crippen molar-refractivity contribution in [2.75, 3.05) is 25.0 Å². The lowest BCUT2D eigenvalue weighted by atomic mass is 9.95. The van der Waals surface area contributed by atoms with Crippen molar-refractivity contribution in [3.8, 4) is 0 Å². The van der Waals surface area contributed by atoms with Gasteiger partial charge < -0.3 is 15.5 Å². The lowest BCUT2D eigenvalue weighted by Gasteiger charge is -2.32. The molecule has 8 heteroatoms. The highest BCUT2D eigenvalue weighted by atomic mass is 35.5. The summed E-state index contributed by atoms with van der Waals surface area (Å²) >= 11 is 0. The van der Waals surface area contributed by atoms with E-state index in [0.717, 1.165) is 37.8 Å². The summed E-state index contributed by atoms with van der Waals surface area (Å²) in [6, 6.07) is 4.09. The Kier molecular flexibility index (Phi) is 9.33. The van der Waals surface area contributed by atoms with Crippen molar-refractivity contribution < 1.29 is 9.59 Å². The molecule has 3 heterocycles. The van der Waals surface area contributed by atoms with Crippen LogP contribution in [0.4, 0.5) is 5.82 Å². The molecule has 0 aliphatic carbocycles. The van der Waals surface area contributed by atoms with Gasteiger partial charge in [0.15, 0.2) is 0 Å². The van der Waals surface area contributed by atoms with Gasteiger partial charge in [-0.15, -0.1) is 24.8 Å². The van der Waals surface area contributed by atoms with Crippen LogP contribution in [0.15, 0.2) is 18.3 Å². The van der Waals surface area contributed by atoms with Crippen LogP contribution in [0.5, 0.6) is 0 Å². The number of amides is 2. The lowest BCUT2D eigenvalue weighted by molar-refractivity contribution is -0.134. The molecule has 3 rings (SSSR count). The first-order valence-corrected chi connectivity index (χ1v) is 8.86. The van der Waals surface area contributed by atoms with Crippen LogP contribution >= 0.6 is 24.8 Å². The van der Waals surface area contributed by atoms with Crippen LogP contribution in [0.25, 0.3) is 0 Å². The maximum Gasteiger partial charge on any atom is 0.228 e. The van der Waals surface area contributed by atoms with Crippen molar-refractivity contribution in [1.82, 2.24) is 15.2 Å². The van der Waals surface area contributed by atoms with Crippen LogP contribution in [0.1, 0.15) is 37.7 Å². The molecular weight excluding hydrogens is 375 g/mol. The number of aromatic nitrogens is 1. The molecule has 1 aromatic heterocycles. The molecule has 2 saturated heterocycles. The van der Waals surface area contributed by atoms with Gasteiger partial charge in [0.05, 0.1) is 0 Å². The Morgan fingerprint density at radius 1 is 1.23 bits per heavy atom. The zero-order chi connectivity index (χ0) is 16.9. The van der Waals surface area contributed by atoms with Gasteiger partial charge in [0, 0.05) is 37.7 Å². The smallest absolute Gasteiger partial charge is 0.228 e. The van der Waals surface area contributed by atoms with Crippen molar-refractivity contribution in [2.45, 2.75) is 45.1 Å². The largest absolute Gasteiger partial charge is 0.343 e. The van der Waals surface area contributed by atoms with Gasteiger partial charge in [0.1, 0.15) is 5.82 Å². The molecule has 1 unspecified atom stereocenters. The SMILES string of the molecule is Cc1ccc(NC(=O)C2CCN(C(=O)CC3CCCN3)CC2)nc1.Cl.Cl. The number of nitrogens with one attached hydrogen (secondary N) is 2. The van der Waals surface area contributed by atoms with Crippen LogP contribution in [0.3, 0.4) is 0 Å². The summed E-state index contributed by atoms with van der Waals surface area (Å²) in [6.07, 6.45) is 6.03. The van der Waals surface area contributed by atoms with Crippen molar-refractivity contribution in [3.63, 3.8) is 0 Å². The third-order valence-electron chi connectivity index (χ3n) is 4.96. The second kappa shape index (κ2) is 10.7. The number of piperidine rings is 1. The first kappa shape index (κ1) is 22.7. The summed E-state index contributed by atoms with van der Waals surface area (Å²) in [4.78, 5) is 30.8. The van der Waals surface area contributed by atoms with E-state index in [0.29, 0.717) is 31.4 Å². The molecule has 26 heavy (non-hydrogen) atoms. The summed E-state index contributed by atoms with van der Waals surface area (Å²) in [5.41, 5.74) is 1.07. The van der Waals surface area contributed by atoms with Gasteiger partial charge in [-0.1, -0.05) is 6.07 Å². The lowest BCUT2D eigenvalue weighted by Crippen LogP contribution is -2.43. The zero-order valence-electron chi connectivity index (χ0n) is 15.1. The molecule has 0 saturated carbocycles. The van der Waals surface area contributed by atoms with E-state index in [2.05, 4.69) is 15.6 Å². The van der Waals surface area contributed by atoms with E-state index >= 15 is 0 Å². The number of pyridine rings is 1. The Hall–Kier alpha value is -1.37. The molecule has 2 aliphatic rings. The Balaban J connectivity index is 0.00000169. The van der Waals surface area contributed by atoms with Crippen LogP contribution < -0.4 is 10.6 Å². The summed E-state index contributed by atoms with van der Waals surface area (Å²) in [7, 11) is 0. The van der Waals surface area contributed by atoms with E-state index in [1.165, 1.54) is 0 Å². The van der Waals surface area contributed by atoms with E-state index < -0.39 is 0 Å². The number of carbonyl (C=O) groups excluding carboxylic acids is 2. The van der Waals surface area contributed by atoms with Crippen LogP contribution in [0, 0.1) is 12.8 Å². The van der Waals surface area contributed by atoms with Gasteiger partial charge in [-0.3, -0.25) is 9.59 Å². The molecule has 0 spiro atoms. The van der Waals surface area contributed by atoms with Crippen molar-refractivity contribution in [3.05, 3.63) is 23.9 Å². The summed E-state index contributed by atoms with van der Waals surface area (Å²) in [6.45, 7) is 4.33. The summed E-state index contributed by atoms with van der Waals surface area (Å²) < 4.78 is 0. The highest BCUT2D eigenvalue weighted by Gasteiger charge is 2.29. The van der Waals surface area contributed by atoms with Crippen LogP contribution in [-0.2, 0) is 9.59 Å². The molecule has 1 atom stereocenters. The standard InChI is InChI=1S/C18H26N4O2.2ClH/c1-13-4-5-16(20-12-13)21-18(24)14-6-9-22(10-7-14)17(23)11-15-3-2-8-19-15;;/h4-5,12,14-15,19H,2-3,6-11H2,1H3,(H,20,21,24);2*1H. The number of hydrogen-bond acceptors (Lipinski definition) is 4. The number of likely N-dealkylation sites (tertiary alicyclic amines) is 1. The van der Waals surface area contributed by atoms with Gasteiger partial charge in [-0.05, 0) is 50.8 Å². The predicted molar refractivity (Wildman–Crippen MR) is 107 cm³/mol. The van der Waals surface area contributed by atoms with E-state index in [1.807, 2.05) is 24.0 Å². The monoisotopic (exact) mass is 402 g/mol. The van der Waals surface area contributed by atoms with Crippen LogP contribution in [0.2, 0.25) is 0 Å². The number of aryl methyl sites for hydroxylation is 1. The van der Waals surface area contributed by atoms with Crippen LogP contribution in [-0.4, -0.2) is 47.4 Å². The number of carbonyl (C=O) groups is 2. The molecule has 2 aliphatic heterocycles. The Labute approximate surface area is 167 Å². The predicted octanol–water partition coefficient (Wildman–Crippen LogP) is 2.55. The Morgan fingerprint density at radius 3 is 2.54 bits per heavy atom. The number of anilines is 1. The molecule has 2 N–H and O–H groups in total. The minimum atomic E-state index is -0.0400. The van der Waals surface area contributed by atoms with E-state index in [4.69, 9.17) is 0 Å². The molecule has 0 radical (unpaired) electrons. The summed E-state index contributed by atoms with van der Waals surface area (Å²) in [5, 5.41) is 6.24. The van der Waals surface area contributed by atoms with Gasteiger partial charge in [-0.2, -0.15) is 0 Å². The molecule has 2 amide bonds. The molecule has 2 fully saturated rings. The number of rotatable bonds is 4. The average molecular weight is 403 g/mol. The maximum atomic E-state index is 12.3. The van der Waals surface area contributed by atoms with Gasteiger partial charge in [0.25, 0.3) is 0 Å².